The van der Waals surface area contributed by atoms with E-state index in [0.717, 1.165) is 23.3 Å². The standard InChI is InChI=1S/C17H12F3N3O2S2/c1-10-2-4-12(5-3-10)15-21-22-16(27-15)26-9-11-6-13(17(18,19)20)8-14(7-11)23(24)25/h2-8H,9H2,1H3. The maximum absolute atomic E-state index is 12.9. The molecule has 5 nitrogen and oxygen atoms in total. The molecule has 0 unspecified atom stereocenters. The number of nitro groups is 1. The van der Waals surface area contributed by atoms with Crippen molar-refractivity contribution in [1.29, 1.82) is 0 Å². The lowest BCUT2D eigenvalue weighted by atomic mass is 10.1. The van der Waals surface area contributed by atoms with Crippen LogP contribution in [0.25, 0.3) is 10.6 Å². The van der Waals surface area contributed by atoms with Crippen molar-refractivity contribution in [2.24, 2.45) is 0 Å². The van der Waals surface area contributed by atoms with Gasteiger partial charge in [-0.15, -0.1) is 10.2 Å². The smallest absolute Gasteiger partial charge is 0.258 e. The summed E-state index contributed by atoms with van der Waals surface area (Å²) in [5.41, 5.74) is 0.597. The molecule has 140 valence electrons. The fourth-order valence-corrected chi connectivity index (χ4v) is 4.04. The number of alkyl halides is 3. The normalized spacial score (nSPS) is 11.6. The van der Waals surface area contributed by atoms with Crippen molar-refractivity contribution in [2.45, 2.75) is 23.2 Å². The van der Waals surface area contributed by atoms with E-state index in [-0.39, 0.29) is 11.3 Å². The van der Waals surface area contributed by atoms with E-state index in [1.165, 1.54) is 23.1 Å². The van der Waals surface area contributed by atoms with Gasteiger partial charge in [0.1, 0.15) is 5.01 Å². The van der Waals surface area contributed by atoms with Crippen LogP contribution in [0.3, 0.4) is 0 Å². The fourth-order valence-electron chi connectivity index (χ4n) is 2.25. The summed E-state index contributed by atoms with van der Waals surface area (Å²) in [7, 11) is 0. The second-order valence-electron chi connectivity index (χ2n) is 5.67. The van der Waals surface area contributed by atoms with Crippen molar-refractivity contribution in [3.8, 4) is 10.6 Å². The molecule has 0 aliphatic heterocycles. The minimum absolute atomic E-state index is 0.118. The van der Waals surface area contributed by atoms with Crippen LogP contribution in [-0.4, -0.2) is 15.1 Å². The number of rotatable bonds is 5. The van der Waals surface area contributed by atoms with Crippen molar-refractivity contribution in [1.82, 2.24) is 10.2 Å². The van der Waals surface area contributed by atoms with Gasteiger partial charge in [0.25, 0.3) is 5.69 Å². The molecular weight excluding hydrogens is 399 g/mol. The van der Waals surface area contributed by atoms with Gasteiger partial charge in [0.2, 0.25) is 0 Å². The molecule has 2 aromatic carbocycles. The number of halogens is 3. The first-order valence-electron chi connectivity index (χ1n) is 7.61. The second kappa shape index (κ2) is 7.65. The third-order valence-electron chi connectivity index (χ3n) is 3.58. The maximum atomic E-state index is 12.9. The average molecular weight is 411 g/mol. The van der Waals surface area contributed by atoms with Gasteiger partial charge < -0.3 is 0 Å². The van der Waals surface area contributed by atoms with Gasteiger partial charge in [-0.05, 0) is 18.6 Å². The molecule has 1 aromatic heterocycles. The molecule has 0 saturated heterocycles. The third kappa shape index (κ3) is 4.83. The molecule has 3 rings (SSSR count). The highest BCUT2D eigenvalue weighted by atomic mass is 32.2. The van der Waals surface area contributed by atoms with E-state index in [9.17, 15) is 23.3 Å². The number of aromatic nitrogens is 2. The molecule has 27 heavy (non-hydrogen) atoms. The zero-order valence-electron chi connectivity index (χ0n) is 13.9. The minimum Gasteiger partial charge on any atom is -0.258 e. The third-order valence-corrected chi connectivity index (χ3v) is 5.76. The lowest BCUT2D eigenvalue weighted by Crippen LogP contribution is -2.06. The van der Waals surface area contributed by atoms with Crippen LogP contribution in [0.4, 0.5) is 18.9 Å². The predicted octanol–water partition coefficient (Wildman–Crippen LogP) is 5.73. The lowest BCUT2D eigenvalue weighted by Gasteiger charge is -2.08. The number of benzene rings is 2. The van der Waals surface area contributed by atoms with E-state index in [1.54, 1.807) is 0 Å². The molecule has 0 amide bonds. The Morgan fingerprint density at radius 2 is 1.85 bits per heavy atom. The highest BCUT2D eigenvalue weighted by Crippen LogP contribution is 2.35. The van der Waals surface area contributed by atoms with E-state index < -0.39 is 22.4 Å². The summed E-state index contributed by atoms with van der Waals surface area (Å²) in [6, 6.07) is 10.3. The summed E-state index contributed by atoms with van der Waals surface area (Å²) in [6.07, 6.45) is -4.65. The first-order valence-corrected chi connectivity index (χ1v) is 9.41. The summed E-state index contributed by atoms with van der Waals surface area (Å²) in [5, 5.41) is 19.7. The van der Waals surface area contributed by atoms with Crippen molar-refractivity contribution in [3.05, 3.63) is 69.3 Å². The molecule has 0 saturated carbocycles. The minimum atomic E-state index is -4.65. The van der Waals surface area contributed by atoms with Gasteiger partial charge in [0, 0.05) is 23.4 Å². The van der Waals surface area contributed by atoms with Crippen LogP contribution in [0.15, 0.2) is 46.8 Å². The largest absolute Gasteiger partial charge is 0.416 e. The van der Waals surface area contributed by atoms with Gasteiger partial charge in [-0.3, -0.25) is 10.1 Å². The monoisotopic (exact) mass is 411 g/mol. The molecule has 0 spiro atoms. The predicted molar refractivity (Wildman–Crippen MR) is 97.7 cm³/mol. The summed E-state index contributed by atoms with van der Waals surface area (Å²) < 4.78 is 39.4. The molecule has 0 radical (unpaired) electrons. The van der Waals surface area contributed by atoms with Crippen molar-refractivity contribution < 1.29 is 18.1 Å². The Kier molecular flexibility index (Phi) is 5.47. The van der Waals surface area contributed by atoms with E-state index in [1.807, 2.05) is 31.2 Å². The molecule has 3 aromatic rings. The van der Waals surface area contributed by atoms with Crippen LogP contribution in [0.5, 0.6) is 0 Å². The van der Waals surface area contributed by atoms with Gasteiger partial charge in [-0.2, -0.15) is 13.2 Å². The number of nitrogens with zero attached hydrogens (tertiary/aromatic N) is 3. The van der Waals surface area contributed by atoms with E-state index in [2.05, 4.69) is 10.2 Å². The Morgan fingerprint density at radius 3 is 2.48 bits per heavy atom. The number of aryl methyl sites for hydroxylation is 1. The zero-order valence-corrected chi connectivity index (χ0v) is 15.5. The summed E-state index contributed by atoms with van der Waals surface area (Å²) >= 11 is 2.50. The molecule has 0 bridgehead atoms. The van der Waals surface area contributed by atoms with E-state index >= 15 is 0 Å². The van der Waals surface area contributed by atoms with Crippen LogP contribution in [0, 0.1) is 17.0 Å². The van der Waals surface area contributed by atoms with Crippen LogP contribution in [-0.2, 0) is 11.9 Å². The van der Waals surface area contributed by atoms with Gasteiger partial charge >= 0.3 is 6.18 Å². The molecule has 0 N–H and O–H groups in total. The maximum Gasteiger partial charge on any atom is 0.416 e. The van der Waals surface area contributed by atoms with Crippen LogP contribution in [0.1, 0.15) is 16.7 Å². The van der Waals surface area contributed by atoms with Crippen molar-refractivity contribution in [3.63, 3.8) is 0 Å². The quantitative estimate of drug-likeness (QED) is 0.305. The topological polar surface area (TPSA) is 68.9 Å². The Bertz CT molecular complexity index is 972. The zero-order chi connectivity index (χ0) is 19.6. The van der Waals surface area contributed by atoms with Gasteiger partial charge in [-0.25, -0.2) is 0 Å². The van der Waals surface area contributed by atoms with Crippen molar-refractivity contribution in [2.75, 3.05) is 0 Å². The molecule has 1 heterocycles. The van der Waals surface area contributed by atoms with Gasteiger partial charge in [0.05, 0.1) is 10.5 Å². The highest BCUT2D eigenvalue weighted by Gasteiger charge is 2.32. The Labute approximate surface area is 160 Å². The van der Waals surface area contributed by atoms with Gasteiger partial charge in [-0.1, -0.05) is 52.9 Å². The van der Waals surface area contributed by atoms with Crippen LogP contribution < -0.4 is 0 Å². The molecule has 0 fully saturated rings. The fraction of sp³-hybridized carbons (Fsp3) is 0.176. The lowest BCUT2D eigenvalue weighted by molar-refractivity contribution is -0.385. The summed E-state index contributed by atoms with van der Waals surface area (Å²) in [4.78, 5) is 10.1. The molecular formula is C17H12F3N3O2S2. The first-order chi connectivity index (χ1) is 12.7. The van der Waals surface area contributed by atoms with Crippen molar-refractivity contribution >= 4 is 28.8 Å². The van der Waals surface area contributed by atoms with Crippen LogP contribution >= 0.6 is 23.1 Å². The summed E-state index contributed by atoms with van der Waals surface area (Å²) in [5.74, 6) is 0.118. The molecule has 0 aliphatic rings. The highest BCUT2D eigenvalue weighted by molar-refractivity contribution is 8.00. The molecule has 10 heteroatoms. The Balaban J connectivity index is 1.78. The second-order valence-corrected chi connectivity index (χ2v) is 7.87. The van der Waals surface area contributed by atoms with E-state index in [0.29, 0.717) is 15.4 Å². The molecule has 0 aliphatic carbocycles. The van der Waals surface area contributed by atoms with Crippen LogP contribution in [0.2, 0.25) is 0 Å². The molecule has 0 atom stereocenters. The SMILES string of the molecule is Cc1ccc(-c2nnc(SCc3cc([N+](=O)[O-])cc(C(F)(F)F)c3)s2)cc1. The van der Waals surface area contributed by atoms with E-state index in [4.69, 9.17) is 0 Å². The summed E-state index contributed by atoms with van der Waals surface area (Å²) in [6.45, 7) is 1.97. The number of thioether (sulfide) groups is 1. The number of hydrogen-bond donors (Lipinski definition) is 0. The number of hydrogen-bond acceptors (Lipinski definition) is 6. The number of non-ortho nitro benzene ring substituents is 1. The first kappa shape index (κ1) is 19.3. The number of nitro benzene ring substituents is 1. The Morgan fingerprint density at radius 1 is 1.15 bits per heavy atom. The Hall–Kier alpha value is -2.46. The van der Waals surface area contributed by atoms with Gasteiger partial charge in [0.15, 0.2) is 4.34 Å². The average Bonchev–Trinajstić information content (AvgIpc) is 3.08.